The molecule has 0 N–H and O–H groups in total. The quantitative estimate of drug-likeness (QED) is 0.703. The van der Waals surface area contributed by atoms with Crippen molar-refractivity contribution in [3.05, 3.63) is 41.6 Å². The van der Waals surface area contributed by atoms with Gasteiger partial charge in [0, 0.05) is 57.1 Å². The molecule has 1 aromatic heterocycles. The van der Waals surface area contributed by atoms with Crippen LogP contribution in [0.3, 0.4) is 0 Å². The number of hydrogen-bond donors (Lipinski definition) is 0. The average molecular weight is 422 g/mol. The molecule has 0 bridgehead atoms. The van der Waals surface area contributed by atoms with Gasteiger partial charge in [-0.3, -0.25) is 4.79 Å². The lowest BCUT2D eigenvalue weighted by Crippen LogP contribution is -2.48. The van der Waals surface area contributed by atoms with Crippen molar-refractivity contribution in [3.8, 4) is 11.5 Å². The third kappa shape index (κ3) is 4.28. The van der Waals surface area contributed by atoms with Crippen molar-refractivity contribution >= 4 is 23.7 Å². The number of anilines is 2. The maximum atomic E-state index is 12.7. The first-order chi connectivity index (χ1) is 15.2. The fraction of sp³-hybridized carbons (Fsp3) is 0.435. The molecule has 1 amide bonds. The van der Waals surface area contributed by atoms with Crippen LogP contribution in [0.5, 0.6) is 11.5 Å². The summed E-state index contributed by atoms with van der Waals surface area (Å²) in [7, 11) is 0. The molecule has 2 fully saturated rings. The number of carbonyl (C=O) groups is 1. The van der Waals surface area contributed by atoms with Crippen LogP contribution in [0.2, 0.25) is 0 Å². The summed E-state index contributed by atoms with van der Waals surface area (Å²) in [6, 6.07) is 7.71. The number of amides is 1. The van der Waals surface area contributed by atoms with Gasteiger partial charge in [0.05, 0.1) is 0 Å². The summed E-state index contributed by atoms with van der Waals surface area (Å²) >= 11 is 0. The van der Waals surface area contributed by atoms with Gasteiger partial charge >= 0.3 is 0 Å². The van der Waals surface area contributed by atoms with Crippen molar-refractivity contribution in [2.45, 2.75) is 19.8 Å². The van der Waals surface area contributed by atoms with Crippen molar-refractivity contribution in [3.63, 3.8) is 0 Å². The van der Waals surface area contributed by atoms with E-state index in [2.05, 4.69) is 14.8 Å². The van der Waals surface area contributed by atoms with E-state index in [0.717, 1.165) is 60.7 Å². The van der Waals surface area contributed by atoms with Crippen LogP contribution < -0.4 is 19.3 Å². The van der Waals surface area contributed by atoms with Gasteiger partial charge < -0.3 is 24.2 Å². The van der Waals surface area contributed by atoms with Gasteiger partial charge in [-0.1, -0.05) is 6.07 Å². The largest absolute Gasteiger partial charge is 0.454 e. The standard InChI is InChI=1S/C23H27N5O3/c1-17-14-21(25-23(24-17)28-8-2-3-9-28)26-10-12-27(13-11-26)22(29)7-5-18-4-6-19-20(15-18)31-16-30-19/h4-7,14-15H,2-3,8-13,16H2,1H3/b7-5+. The highest BCUT2D eigenvalue weighted by Crippen LogP contribution is 2.32. The Kier molecular flexibility index (Phi) is 5.36. The van der Waals surface area contributed by atoms with Crippen LogP contribution in [0, 0.1) is 6.92 Å². The first kappa shape index (κ1) is 19.7. The molecule has 2 saturated heterocycles. The van der Waals surface area contributed by atoms with Crippen molar-refractivity contribution < 1.29 is 14.3 Å². The zero-order chi connectivity index (χ0) is 21.2. The fourth-order valence-electron chi connectivity index (χ4n) is 4.20. The van der Waals surface area contributed by atoms with E-state index >= 15 is 0 Å². The number of piperazine rings is 1. The number of fused-ring (bicyclic) bond motifs is 1. The van der Waals surface area contributed by atoms with Crippen LogP contribution in [0.4, 0.5) is 11.8 Å². The maximum Gasteiger partial charge on any atom is 0.246 e. The number of nitrogens with zero attached hydrogens (tertiary/aromatic N) is 5. The third-order valence-electron chi connectivity index (χ3n) is 5.95. The monoisotopic (exact) mass is 421 g/mol. The van der Waals surface area contributed by atoms with Crippen LogP contribution in [0.1, 0.15) is 24.1 Å². The Bertz CT molecular complexity index is 995. The van der Waals surface area contributed by atoms with Crippen LogP contribution >= 0.6 is 0 Å². The Balaban J connectivity index is 1.20. The van der Waals surface area contributed by atoms with E-state index in [1.54, 1.807) is 6.08 Å². The molecule has 2 aromatic rings. The SMILES string of the molecule is Cc1cc(N2CCN(C(=O)/C=C/c3ccc4c(c3)OCO4)CC2)nc(N2CCCC2)n1. The molecule has 0 spiro atoms. The summed E-state index contributed by atoms with van der Waals surface area (Å²) in [5.41, 5.74) is 1.90. The first-order valence-electron chi connectivity index (χ1n) is 10.9. The Morgan fingerprint density at radius 1 is 0.935 bits per heavy atom. The maximum absolute atomic E-state index is 12.7. The molecule has 162 valence electrons. The topological polar surface area (TPSA) is 71.0 Å². The van der Waals surface area contributed by atoms with Crippen LogP contribution in [-0.2, 0) is 4.79 Å². The number of rotatable bonds is 4. The van der Waals surface area contributed by atoms with Crippen molar-refractivity contribution in [1.29, 1.82) is 0 Å². The molecule has 3 aliphatic heterocycles. The Morgan fingerprint density at radius 2 is 1.71 bits per heavy atom. The second-order valence-corrected chi connectivity index (χ2v) is 8.12. The van der Waals surface area contributed by atoms with E-state index in [1.165, 1.54) is 12.8 Å². The molecule has 5 rings (SSSR count). The van der Waals surface area contributed by atoms with E-state index in [-0.39, 0.29) is 12.7 Å². The number of hydrogen-bond acceptors (Lipinski definition) is 7. The summed E-state index contributed by atoms with van der Waals surface area (Å²) in [5, 5.41) is 0. The fourth-order valence-corrected chi connectivity index (χ4v) is 4.20. The van der Waals surface area contributed by atoms with Gasteiger partial charge in [-0.05, 0) is 43.5 Å². The van der Waals surface area contributed by atoms with Crippen molar-refractivity contribution in [1.82, 2.24) is 14.9 Å². The van der Waals surface area contributed by atoms with Crippen molar-refractivity contribution in [2.75, 3.05) is 55.9 Å². The molecule has 8 heteroatoms. The molecular weight excluding hydrogens is 394 g/mol. The second kappa shape index (κ2) is 8.45. The minimum absolute atomic E-state index is 0.0222. The lowest BCUT2D eigenvalue weighted by Gasteiger charge is -2.35. The van der Waals surface area contributed by atoms with Gasteiger partial charge in [-0.25, -0.2) is 4.98 Å². The predicted molar refractivity (Wildman–Crippen MR) is 119 cm³/mol. The molecule has 4 heterocycles. The van der Waals surface area contributed by atoms with Gasteiger partial charge in [0.25, 0.3) is 0 Å². The summed E-state index contributed by atoms with van der Waals surface area (Å²) in [6.07, 6.45) is 5.86. The van der Waals surface area contributed by atoms with Gasteiger partial charge in [0.2, 0.25) is 18.6 Å². The highest BCUT2D eigenvalue weighted by molar-refractivity contribution is 5.92. The van der Waals surface area contributed by atoms with Gasteiger partial charge in [0.15, 0.2) is 11.5 Å². The normalized spacial score (nSPS) is 18.3. The van der Waals surface area contributed by atoms with E-state index in [1.807, 2.05) is 42.2 Å². The second-order valence-electron chi connectivity index (χ2n) is 8.12. The summed E-state index contributed by atoms with van der Waals surface area (Å²) < 4.78 is 10.7. The van der Waals surface area contributed by atoms with Crippen LogP contribution in [-0.4, -0.2) is 66.8 Å². The molecule has 0 unspecified atom stereocenters. The average Bonchev–Trinajstić information content (AvgIpc) is 3.49. The van der Waals surface area contributed by atoms with E-state index in [0.29, 0.717) is 13.1 Å². The molecule has 0 radical (unpaired) electrons. The lowest BCUT2D eigenvalue weighted by molar-refractivity contribution is -0.126. The van der Waals surface area contributed by atoms with Gasteiger partial charge in [-0.15, -0.1) is 0 Å². The lowest BCUT2D eigenvalue weighted by atomic mass is 10.2. The summed E-state index contributed by atoms with van der Waals surface area (Å²) in [6.45, 7) is 7.20. The Labute approximate surface area is 182 Å². The number of carbonyl (C=O) groups excluding carboxylic acids is 1. The minimum atomic E-state index is 0.0222. The number of ether oxygens (including phenoxy) is 2. The highest BCUT2D eigenvalue weighted by Gasteiger charge is 2.23. The number of benzene rings is 1. The van der Waals surface area contributed by atoms with Crippen LogP contribution in [0.15, 0.2) is 30.3 Å². The molecule has 0 aliphatic carbocycles. The Morgan fingerprint density at radius 3 is 2.52 bits per heavy atom. The first-order valence-corrected chi connectivity index (χ1v) is 10.9. The molecular formula is C23H27N5O3. The molecule has 0 atom stereocenters. The van der Waals surface area contributed by atoms with E-state index in [9.17, 15) is 4.79 Å². The minimum Gasteiger partial charge on any atom is -0.454 e. The predicted octanol–water partition coefficient (Wildman–Crippen LogP) is 2.48. The summed E-state index contributed by atoms with van der Waals surface area (Å²) in [4.78, 5) is 28.5. The zero-order valence-corrected chi connectivity index (χ0v) is 17.8. The number of aryl methyl sites for hydroxylation is 1. The third-order valence-corrected chi connectivity index (χ3v) is 5.95. The molecule has 31 heavy (non-hydrogen) atoms. The van der Waals surface area contributed by atoms with Crippen molar-refractivity contribution in [2.24, 2.45) is 0 Å². The van der Waals surface area contributed by atoms with E-state index < -0.39 is 0 Å². The smallest absolute Gasteiger partial charge is 0.246 e. The highest BCUT2D eigenvalue weighted by atomic mass is 16.7. The van der Waals surface area contributed by atoms with Gasteiger partial charge in [-0.2, -0.15) is 4.98 Å². The zero-order valence-electron chi connectivity index (χ0n) is 17.8. The van der Waals surface area contributed by atoms with E-state index in [4.69, 9.17) is 14.5 Å². The molecule has 1 aromatic carbocycles. The number of aromatic nitrogens is 2. The molecule has 8 nitrogen and oxygen atoms in total. The van der Waals surface area contributed by atoms with Crippen LogP contribution in [0.25, 0.3) is 6.08 Å². The Hall–Kier alpha value is -3.29. The molecule has 0 saturated carbocycles. The summed E-state index contributed by atoms with van der Waals surface area (Å²) in [5.74, 6) is 3.27. The molecule has 3 aliphatic rings. The van der Waals surface area contributed by atoms with Gasteiger partial charge in [0.1, 0.15) is 5.82 Å².